The van der Waals surface area contributed by atoms with E-state index < -0.39 is 7.82 Å². The Balaban J connectivity index is 3.81. The lowest BCUT2D eigenvalue weighted by molar-refractivity contribution is 0.152. The van der Waals surface area contributed by atoms with E-state index in [9.17, 15) is 4.57 Å². The van der Waals surface area contributed by atoms with Crippen LogP contribution >= 0.6 is 62.9 Å². The Morgan fingerprint density at radius 3 is 1.73 bits per heavy atom. The highest BCUT2D eigenvalue weighted by atomic mass is 79.9. The Bertz CT molecular complexity index is 203. The second-order valence-corrected chi connectivity index (χ2v) is 6.55. The third kappa shape index (κ3) is 9.36. The van der Waals surface area contributed by atoms with Crippen LogP contribution < -0.4 is 0 Å². The molecule has 0 fully saturated rings. The Kier molecular flexibility index (Phi) is 9.66. The summed E-state index contributed by atoms with van der Waals surface area (Å²) >= 11 is 17.5. The van der Waals surface area contributed by atoms with Crippen molar-refractivity contribution in [2.75, 3.05) is 23.9 Å². The fourth-order valence-corrected chi connectivity index (χ4v) is 1.96. The number of alkyl halides is 4. The van der Waals surface area contributed by atoms with Gasteiger partial charge in [-0.3, -0.25) is 9.05 Å². The first kappa shape index (κ1) is 16.6. The van der Waals surface area contributed by atoms with Crippen LogP contribution in [0.2, 0.25) is 0 Å². The van der Waals surface area contributed by atoms with Crippen molar-refractivity contribution in [1.29, 1.82) is 0 Å². The van der Waals surface area contributed by atoms with Crippen LogP contribution in [0.25, 0.3) is 0 Å². The van der Waals surface area contributed by atoms with Crippen LogP contribution in [-0.2, 0) is 13.6 Å². The van der Waals surface area contributed by atoms with Crippen LogP contribution in [0.15, 0.2) is 0 Å². The first-order valence-corrected chi connectivity index (χ1v) is 8.54. The van der Waals surface area contributed by atoms with Crippen molar-refractivity contribution in [1.82, 2.24) is 0 Å². The molecule has 1 N–H and O–H groups in total. The monoisotopic (exact) mass is 406 g/mol. The van der Waals surface area contributed by atoms with Gasteiger partial charge in [0, 0.05) is 10.7 Å². The van der Waals surface area contributed by atoms with Crippen molar-refractivity contribution in [3.8, 4) is 0 Å². The summed E-state index contributed by atoms with van der Waals surface area (Å²) in [5.74, 6) is 0. The molecule has 2 atom stereocenters. The molecule has 0 amide bonds. The lowest BCUT2D eigenvalue weighted by atomic mass is 10.5. The maximum absolute atomic E-state index is 11.2. The van der Waals surface area contributed by atoms with Crippen LogP contribution in [0.4, 0.5) is 0 Å². The third-order valence-electron chi connectivity index (χ3n) is 1.17. The van der Waals surface area contributed by atoms with Crippen molar-refractivity contribution in [2.24, 2.45) is 0 Å². The number of hydrogen-bond donors (Lipinski definition) is 1. The molecule has 0 aromatic rings. The topological polar surface area (TPSA) is 55.8 Å². The summed E-state index contributed by atoms with van der Waals surface area (Å²) in [5.41, 5.74) is 0. The van der Waals surface area contributed by atoms with E-state index in [-0.39, 0.29) is 24.0 Å². The zero-order valence-electron chi connectivity index (χ0n) is 7.61. The maximum atomic E-state index is 11.2. The number of phosphoric acid groups is 1. The van der Waals surface area contributed by atoms with Crippen molar-refractivity contribution in [3.05, 3.63) is 0 Å². The van der Waals surface area contributed by atoms with Gasteiger partial charge in [-0.1, -0.05) is 31.9 Å². The van der Waals surface area contributed by atoms with Gasteiger partial charge in [0.25, 0.3) is 0 Å². The van der Waals surface area contributed by atoms with E-state index in [2.05, 4.69) is 40.9 Å². The zero-order valence-corrected chi connectivity index (χ0v) is 13.2. The highest BCUT2D eigenvalue weighted by Crippen LogP contribution is 2.43. The fourth-order valence-electron chi connectivity index (χ4n) is 0.476. The molecule has 9 heteroatoms. The van der Waals surface area contributed by atoms with Gasteiger partial charge >= 0.3 is 7.82 Å². The van der Waals surface area contributed by atoms with Crippen molar-refractivity contribution >= 4 is 62.9 Å². The zero-order chi connectivity index (χ0) is 11.9. The number of rotatable bonds is 8. The van der Waals surface area contributed by atoms with Gasteiger partial charge in [0.2, 0.25) is 0 Å². The quantitative estimate of drug-likeness (QED) is 0.495. The fraction of sp³-hybridized carbons (Fsp3) is 1.00. The highest BCUT2D eigenvalue weighted by molar-refractivity contribution is 9.09. The third-order valence-corrected chi connectivity index (χ3v) is 4.99. The second-order valence-electron chi connectivity index (χ2n) is 2.56. The minimum absolute atomic E-state index is 0.0676. The van der Waals surface area contributed by atoms with Gasteiger partial charge in [0.05, 0.1) is 24.0 Å². The molecular weight excluding hydrogens is 398 g/mol. The summed E-state index contributed by atoms with van der Waals surface area (Å²) in [7, 11) is -4.04. The number of hydrogen-bond acceptors (Lipinski definition) is 3. The van der Waals surface area contributed by atoms with Gasteiger partial charge in [-0.15, -0.1) is 23.2 Å². The van der Waals surface area contributed by atoms with Gasteiger partial charge in [-0.25, -0.2) is 4.57 Å². The van der Waals surface area contributed by atoms with Crippen LogP contribution in [0.1, 0.15) is 0 Å². The van der Waals surface area contributed by atoms with E-state index in [1.54, 1.807) is 0 Å². The van der Waals surface area contributed by atoms with Gasteiger partial charge in [-0.05, 0) is 0 Å². The largest absolute Gasteiger partial charge is 0.472 e. The summed E-state index contributed by atoms with van der Waals surface area (Å²) in [6.07, 6.45) is 0. The summed E-state index contributed by atoms with van der Waals surface area (Å²) in [6, 6.07) is 0. The lowest BCUT2D eigenvalue weighted by Crippen LogP contribution is -2.13. The first-order chi connectivity index (χ1) is 6.91. The molecule has 0 saturated heterocycles. The van der Waals surface area contributed by atoms with Crippen LogP contribution in [0, 0.1) is 0 Å². The molecule has 0 aromatic carbocycles. The standard InChI is InChI=1S/C6H11Br2Cl2O4P/c7-1-5(9)3-13-15(11,12)14-4-6(10)2-8/h5-6H,1-4H2,(H,11,12). The number of halogens is 4. The van der Waals surface area contributed by atoms with E-state index in [1.807, 2.05) is 0 Å². The summed E-state index contributed by atoms with van der Waals surface area (Å²) in [4.78, 5) is 9.17. The van der Waals surface area contributed by atoms with Crippen LogP contribution in [0.5, 0.6) is 0 Å². The molecule has 0 spiro atoms. The van der Waals surface area contributed by atoms with Crippen molar-refractivity contribution < 1.29 is 18.5 Å². The second kappa shape index (κ2) is 8.70. The lowest BCUT2D eigenvalue weighted by Gasteiger charge is -2.14. The molecule has 0 saturated carbocycles. The number of phosphoric ester groups is 1. The van der Waals surface area contributed by atoms with E-state index in [0.29, 0.717) is 10.7 Å². The molecular formula is C6H11Br2Cl2O4P. The van der Waals surface area contributed by atoms with Crippen LogP contribution in [-0.4, -0.2) is 39.5 Å². The van der Waals surface area contributed by atoms with Gasteiger partial charge in [0.1, 0.15) is 0 Å². The average molecular weight is 409 g/mol. The molecule has 0 aliphatic rings. The van der Waals surface area contributed by atoms with Gasteiger partial charge < -0.3 is 4.89 Å². The summed E-state index contributed by atoms with van der Waals surface area (Å²) in [5, 5.41) is 0.177. The van der Waals surface area contributed by atoms with E-state index in [1.165, 1.54) is 0 Å². The van der Waals surface area contributed by atoms with Gasteiger partial charge in [-0.2, -0.15) is 0 Å². The Morgan fingerprint density at radius 2 is 1.47 bits per heavy atom. The Morgan fingerprint density at radius 1 is 1.13 bits per heavy atom. The molecule has 2 unspecified atom stereocenters. The SMILES string of the molecule is O=P(O)(OCC(Cl)CBr)OCC(Cl)CBr. The molecule has 0 aliphatic carbocycles. The molecule has 0 aromatic heterocycles. The van der Waals surface area contributed by atoms with E-state index >= 15 is 0 Å². The minimum atomic E-state index is -4.04. The van der Waals surface area contributed by atoms with Crippen molar-refractivity contribution in [2.45, 2.75) is 10.8 Å². The maximum Gasteiger partial charge on any atom is 0.472 e. The predicted molar refractivity (Wildman–Crippen MR) is 68.6 cm³/mol. The Labute approximate surface area is 115 Å². The molecule has 0 rings (SSSR count). The molecule has 0 aliphatic heterocycles. The minimum Gasteiger partial charge on any atom is -0.302 e. The molecule has 92 valence electrons. The van der Waals surface area contributed by atoms with E-state index in [4.69, 9.17) is 28.1 Å². The molecule has 15 heavy (non-hydrogen) atoms. The first-order valence-electron chi connectivity index (χ1n) is 3.93. The normalized spacial score (nSPS) is 19.5. The van der Waals surface area contributed by atoms with Gasteiger partial charge in [0.15, 0.2) is 0 Å². The smallest absolute Gasteiger partial charge is 0.302 e. The Hall–Kier alpha value is 1.65. The van der Waals surface area contributed by atoms with E-state index in [0.717, 1.165) is 0 Å². The van der Waals surface area contributed by atoms with Crippen LogP contribution in [0.3, 0.4) is 0 Å². The average Bonchev–Trinajstić information content (AvgIpc) is 2.22. The summed E-state index contributed by atoms with van der Waals surface area (Å²) in [6.45, 7) is -0.135. The van der Waals surface area contributed by atoms with Crippen molar-refractivity contribution in [3.63, 3.8) is 0 Å². The molecule has 0 heterocycles. The molecule has 0 radical (unpaired) electrons. The molecule has 0 bridgehead atoms. The summed E-state index contributed by atoms with van der Waals surface area (Å²) < 4.78 is 20.5. The molecule has 4 nitrogen and oxygen atoms in total. The highest BCUT2D eigenvalue weighted by Gasteiger charge is 2.23. The predicted octanol–water partition coefficient (Wildman–Crippen LogP) is 3.12.